The van der Waals surface area contributed by atoms with Gasteiger partial charge in [0.05, 0.1) is 18.1 Å². The lowest BCUT2D eigenvalue weighted by atomic mass is 10.0. The Bertz CT molecular complexity index is 1030. The molecular formula is C20H23N3O5S. The molecule has 8 nitrogen and oxygen atoms in total. The molecule has 0 spiro atoms. The van der Waals surface area contributed by atoms with Crippen molar-refractivity contribution in [2.24, 2.45) is 0 Å². The van der Waals surface area contributed by atoms with Crippen LogP contribution >= 0.6 is 0 Å². The Kier molecular flexibility index (Phi) is 5.18. The van der Waals surface area contributed by atoms with Crippen LogP contribution in [0.1, 0.15) is 35.2 Å². The normalized spacial score (nSPS) is 19.8. The third-order valence-electron chi connectivity index (χ3n) is 5.44. The molecule has 1 fully saturated rings. The molecular weight excluding hydrogens is 394 g/mol. The molecule has 3 heterocycles. The molecule has 1 N–H and O–H groups in total. The van der Waals surface area contributed by atoms with Gasteiger partial charge in [-0.2, -0.15) is 4.31 Å². The van der Waals surface area contributed by atoms with Gasteiger partial charge in [-0.25, -0.2) is 8.42 Å². The molecule has 0 aliphatic carbocycles. The Labute approximate surface area is 169 Å². The van der Waals surface area contributed by atoms with Gasteiger partial charge in [0.1, 0.15) is 12.3 Å². The van der Waals surface area contributed by atoms with Crippen LogP contribution in [-0.2, 0) is 21.2 Å². The van der Waals surface area contributed by atoms with Crippen molar-refractivity contribution in [2.45, 2.75) is 31.7 Å². The summed E-state index contributed by atoms with van der Waals surface area (Å²) in [5.41, 5.74) is 2.87. The number of sulfonamides is 1. The van der Waals surface area contributed by atoms with Gasteiger partial charge in [-0.05, 0) is 49.1 Å². The Hall–Kier alpha value is -2.65. The maximum Gasteiger partial charge on any atom is 0.261 e. The van der Waals surface area contributed by atoms with Crippen LogP contribution in [0, 0.1) is 0 Å². The van der Waals surface area contributed by atoms with Gasteiger partial charge in [-0.15, -0.1) is 0 Å². The van der Waals surface area contributed by atoms with Crippen LogP contribution in [0.3, 0.4) is 0 Å². The molecule has 1 unspecified atom stereocenters. The summed E-state index contributed by atoms with van der Waals surface area (Å²) >= 11 is 0. The Morgan fingerprint density at radius 2 is 2.00 bits per heavy atom. The van der Waals surface area contributed by atoms with E-state index < -0.39 is 16.1 Å². The maximum absolute atomic E-state index is 12.8. The van der Waals surface area contributed by atoms with E-state index in [1.807, 2.05) is 12.1 Å². The van der Waals surface area contributed by atoms with E-state index in [4.69, 9.17) is 4.42 Å². The van der Waals surface area contributed by atoms with Crippen molar-refractivity contribution in [3.8, 4) is 0 Å². The number of benzene rings is 1. The van der Waals surface area contributed by atoms with Gasteiger partial charge in [0.15, 0.2) is 0 Å². The highest BCUT2D eigenvalue weighted by molar-refractivity contribution is 7.88. The number of nitrogens with zero attached hydrogens (tertiary/aromatic N) is 2. The molecule has 0 radical (unpaired) electrons. The Morgan fingerprint density at radius 1 is 1.17 bits per heavy atom. The number of anilines is 2. The number of rotatable bonds is 4. The molecule has 2 amide bonds. The number of piperidine rings is 1. The molecule has 4 rings (SSSR count). The lowest BCUT2D eigenvalue weighted by Crippen LogP contribution is -2.49. The summed E-state index contributed by atoms with van der Waals surface area (Å²) in [6.45, 7) is 0.924. The van der Waals surface area contributed by atoms with Crippen molar-refractivity contribution < 1.29 is 22.4 Å². The SMILES string of the molecule is CS(=O)(=O)N1CCCCC1C(=O)Nc1ccc2c(c1)CCN2C(=O)c1ccoc1. The Balaban J connectivity index is 1.50. The number of furan rings is 1. The highest BCUT2D eigenvalue weighted by Crippen LogP contribution is 2.32. The minimum absolute atomic E-state index is 0.125. The van der Waals surface area contributed by atoms with Crippen LogP contribution in [0.15, 0.2) is 41.2 Å². The predicted octanol–water partition coefficient (Wildman–Crippen LogP) is 2.24. The Morgan fingerprint density at radius 3 is 2.72 bits per heavy atom. The van der Waals surface area contributed by atoms with E-state index in [1.165, 1.54) is 16.8 Å². The van der Waals surface area contributed by atoms with Crippen molar-refractivity contribution in [3.05, 3.63) is 47.9 Å². The molecule has 0 bridgehead atoms. The van der Waals surface area contributed by atoms with Crippen LogP contribution in [0.4, 0.5) is 11.4 Å². The molecule has 1 atom stereocenters. The minimum atomic E-state index is -3.44. The van der Waals surface area contributed by atoms with Crippen LogP contribution in [0.25, 0.3) is 0 Å². The molecule has 9 heteroatoms. The van der Waals surface area contributed by atoms with E-state index >= 15 is 0 Å². The summed E-state index contributed by atoms with van der Waals surface area (Å²) in [5, 5.41) is 2.85. The summed E-state index contributed by atoms with van der Waals surface area (Å²) < 4.78 is 30.3. The largest absolute Gasteiger partial charge is 0.472 e. The van der Waals surface area contributed by atoms with Crippen molar-refractivity contribution in [1.29, 1.82) is 0 Å². The second kappa shape index (κ2) is 7.64. The highest BCUT2D eigenvalue weighted by atomic mass is 32.2. The van der Waals surface area contributed by atoms with E-state index in [2.05, 4.69) is 5.32 Å². The minimum Gasteiger partial charge on any atom is -0.472 e. The summed E-state index contributed by atoms with van der Waals surface area (Å²) in [4.78, 5) is 27.1. The summed E-state index contributed by atoms with van der Waals surface area (Å²) in [7, 11) is -3.44. The van der Waals surface area contributed by atoms with Crippen molar-refractivity contribution in [2.75, 3.05) is 29.6 Å². The van der Waals surface area contributed by atoms with Crippen LogP contribution in [0.2, 0.25) is 0 Å². The average molecular weight is 417 g/mol. The number of fused-ring (bicyclic) bond motifs is 1. The third-order valence-corrected chi connectivity index (χ3v) is 6.73. The van der Waals surface area contributed by atoms with Crippen molar-refractivity contribution in [1.82, 2.24) is 4.31 Å². The summed E-state index contributed by atoms with van der Waals surface area (Å²) in [5.74, 6) is -0.445. The molecule has 2 aliphatic rings. The number of nitrogens with one attached hydrogen (secondary N) is 1. The fraction of sp³-hybridized carbons (Fsp3) is 0.400. The van der Waals surface area contributed by atoms with Gasteiger partial charge in [-0.3, -0.25) is 9.59 Å². The first-order valence-electron chi connectivity index (χ1n) is 9.59. The number of carbonyl (C=O) groups excluding carboxylic acids is 2. The zero-order valence-corrected chi connectivity index (χ0v) is 16.9. The van der Waals surface area contributed by atoms with Gasteiger partial charge < -0.3 is 14.6 Å². The van der Waals surface area contributed by atoms with Crippen LogP contribution < -0.4 is 10.2 Å². The molecule has 2 aliphatic heterocycles. The molecule has 154 valence electrons. The molecule has 0 saturated carbocycles. The van der Waals surface area contributed by atoms with E-state index in [1.54, 1.807) is 17.0 Å². The average Bonchev–Trinajstić information content (AvgIpc) is 3.36. The molecule has 1 aromatic heterocycles. The van der Waals surface area contributed by atoms with E-state index in [0.29, 0.717) is 37.2 Å². The van der Waals surface area contributed by atoms with Gasteiger partial charge >= 0.3 is 0 Å². The lowest BCUT2D eigenvalue weighted by Gasteiger charge is -2.32. The predicted molar refractivity (Wildman–Crippen MR) is 108 cm³/mol. The number of carbonyl (C=O) groups is 2. The first-order chi connectivity index (χ1) is 13.8. The van der Waals surface area contributed by atoms with E-state index in [9.17, 15) is 18.0 Å². The molecule has 1 aromatic carbocycles. The second-order valence-corrected chi connectivity index (χ2v) is 9.37. The van der Waals surface area contributed by atoms with Gasteiger partial charge in [0, 0.05) is 24.5 Å². The highest BCUT2D eigenvalue weighted by Gasteiger charge is 2.34. The quantitative estimate of drug-likeness (QED) is 0.822. The zero-order chi connectivity index (χ0) is 20.6. The maximum atomic E-state index is 12.8. The van der Waals surface area contributed by atoms with E-state index in [0.717, 1.165) is 30.3 Å². The molecule has 29 heavy (non-hydrogen) atoms. The van der Waals surface area contributed by atoms with Crippen molar-refractivity contribution in [3.63, 3.8) is 0 Å². The first kappa shape index (κ1) is 19.7. The molecule has 2 aromatic rings. The van der Waals surface area contributed by atoms with E-state index in [-0.39, 0.29) is 11.8 Å². The monoisotopic (exact) mass is 417 g/mol. The lowest BCUT2D eigenvalue weighted by molar-refractivity contribution is -0.120. The molecule has 1 saturated heterocycles. The first-order valence-corrected chi connectivity index (χ1v) is 11.4. The second-order valence-electron chi connectivity index (χ2n) is 7.44. The van der Waals surface area contributed by atoms with Crippen LogP contribution in [0.5, 0.6) is 0 Å². The van der Waals surface area contributed by atoms with Crippen molar-refractivity contribution >= 4 is 33.2 Å². The standard InChI is InChI=1S/C20H23N3O5S/c1-29(26,27)23-9-3-2-4-18(23)19(24)21-16-5-6-17-14(12-16)7-10-22(17)20(25)15-8-11-28-13-15/h5-6,8,11-13,18H,2-4,7,9-10H2,1H3,(H,21,24). The number of amides is 2. The van der Waals surface area contributed by atoms with Gasteiger partial charge in [0.2, 0.25) is 15.9 Å². The fourth-order valence-corrected chi connectivity index (χ4v) is 5.15. The fourth-order valence-electron chi connectivity index (χ4n) is 4.02. The number of hydrogen-bond donors (Lipinski definition) is 1. The zero-order valence-electron chi connectivity index (χ0n) is 16.1. The summed E-state index contributed by atoms with van der Waals surface area (Å²) in [6, 6.07) is 6.35. The van der Waals surface area contributed by atoms with Gasteiger partial charge in [-0.1, -0.05) is 6.42 Å². The topological polar surface area (TPSA) is 99.9 Å². The smallest absolute Gasteiger partial charge is 0.261 e. The van der Waals surface area contributed by atoms with Gasteiger partial charge in [0.25, 0.3) is 5.91 Å². The number of hydrogen-bond acceptors (Lipinski definition) is 5. The van der Waals surface area contributed by atoms with Crippen LogP contribution in [-0.4, -0.2) is 49.9 Å². The third kappa shape index (κ3) is 3.92. The summed E-state index contributed by atoms with van der Waals surface area (Å²) in [6.07, 6.45) is 6.80.